The van der Waals surface area contributed by atoms with Gasteiger partial charge in [-0.2, -0.15) is 0 Å². The van der Waals surface area contributed by atoms with Crippen LogP contribution < -0.4 is 9.62 Å². The van der Waals surface area contributed by atoms with E-state index in [0.29, 0.717) is 0 Å². The highest BCUT2D eigenvalue weighted by atomic mass is 79.9. The summed E-state index contributed by atoms with van der Waals surface area (Å²) in [6.07, 6.45) is 5.04. The van der Waals surface area contributed by atoms with Crippen molar-refractivity contribution in [2.45, 2.75) is 69.5 Å². The smallest absolute Gasteiger partial charge is 0.264 e. The zero-order chi connectivity index (χ0) is 30.4. The monoisotopic (exact) mass is 693 g/mol. The summed E-state index contributed by atoms with van der Waals surface area (Å²) in [4.78, 5) is 29.0. The number of carbonyl (C=O) groups is 2. The Kier molecular flexibility index (Phi) is 11.0. The number of anilines is 1. The molecule has 3 aromatic rings. The van der Waals surface area contributed by atoms with Crippen LogP contribution in [-0.2, 0) is 26.2 Å². The lowest BCUT2D eigenvalue weighted by molar-refractivity contribution is -0.139. The van der Waals surface area contributed by atoms with Gasteiger partial charge in [0.1, 0.15) is 12.6 Å². The van der Waals surface area contributed by atoms with Crippen molar-refractivity contribution in [1.82, 2.24) is 10.2 Å². The zero-order valence-corrected chi connectivity index (χ0v) is 27.4. The molecule has 11 heteroatoms. The van der Waals surface area contributed by atoms with Crippen molar-refractivity contribution in [2.75, 3.05) is 10.8 Å². The van der Waals surface area contributed by atoms with Crippen molar-refractivity contribution in [3.05, 3.63) is 92.4 Å². The molecule has 1 atom stereocenters. The first-order chi connectivity index (χ1) is 19.9. The van der Waals surface area contributed by atoms with Gasteiger partial charge in [-0.3, -0.25) is 13.9 Å². The molecule has 0 bridgehead atoms. The van der Waals surface area contributed by atoms with Gasteiger partial charge in [-0.1, -0.05) is 88.2 Å². The number of hydrogen-bond donors (Lipinski definition) is 1. The Balaban J connectivity index is 1.70. The molecule has 0 aromatic heterocycles. The summed E-state index contributed by atoms with van der Waals surface area (Å²) in [7, 11) is -4.22. The first-order valence-corrected chi connectivity index (χ1v) is 16.8. The molecule has 0 heterocycles. The summed E-state index contributed by atoms with van der Waals surface area (Å²) in [5.41, 5.74) is 1.82. The van der Waals surface area contributed by atoms with Crippen molar-refractivity contribution in [1.29, 1.82) is 0 Å². The minimum atomic E-state index is -4.22. The highest BCUT2D eigenvalue weighted by molar-refractivity contribution is 9.10. The molecule has 1 saturated carbocycles. The molecule has 0 spiro atoms. The maximum Gasteiger partial charge on any atom is 0.264 e. The number of hydrogen-bond acceptors (Lipinski definition) is 4. The molecular formula is C31H34BrCl2N3O4S. The van der Waals surface area contributed by atoms with E-state index >= 15 is 0 Å². The normalized spacial score (nSPS) is 14.7. The quantitative estimate of drug-likeness (QED) is 0.245. The fraction of sp³-hybridized carbons (Fsp3) is 0.355. The lowest BCUT2D eigenvalue weighted by Gasteiger charge is -2.33. The molecule has 1 fully saturated rings. The largest absolute Gasteiger partial charge is 0.352 e. The van der Waals surface area contributed by atoms with Crippen LogP contribution in [0.4, 0.5) is 5.69 Å². The van der Waals surface area contributed by atoms with Crippen LogP contribution >= 0.6 is 39.1 Å². The predicted octanol–water partition coefficient (Wildman–Crippen LogP) is 7.13. The first kappa shape index (κ1) is 32.3. The Hall–Kier alpha value is -2.59. The molecule has 0 radical (unpaired) electrons. The average Bonchev–Trinajstić information content (AvgIpc) is 2.94. The van der Waals surface area contributed by atoms with E-state index in [4.69, 9.17) is 23.2 Å². The lowest BCUT2D eigenvalue weighted by atomic mass is 9.95. The Bertz CT molecular complexity index is 1510. The number of aryl methyl sites for hydroxylation is 1. The maximum atomic E-state index is 14.1. The Morgan fingerprint density at radius 2 is 1.62 bits per heavy atom. The van der Waals surface area contributed by atoms with Gasteiger partial charge >= 0.3 is 0 Å². The molecule has 1 aliphatic carbocycles. The Morgan fingerprint density at radius 3 is 2.24 bits per heavy atom. The van der Waals surface area contributed by atoms with Gasteiger partial charge in [0.05, 0.1) is 10.6 Å². The number of nitrogens with zero attached hydrogens (tertiary/aromatic N) is 2. The summed E-state index contributed by atoms with van der Waals surface area (Å²) in [5, 5.41) is 3.55. The number of rotatable bonds is 10. The summed E-state index contributed by atoms with van der Waals surface area (Å²) in [6, 6.07) is 17.4. The molecular weight excluding hydrogens is 661 g/mol. The van der Waals surface area contributed by atoms with Gasteiger partial charge in [0.25, 0.3) is 10.0 Å². The van der Waals surface area contributed by atoms with E-state index in [0.717, 1.165) is 52.0 Å². The van der Waals surface area contributed by atoms with Crippen LogP contribution in [0, 0.1) is 6.92 Å². The molecule has 2 amide bonds. The van der Waals surface area contributed by atoms with E-state index in [-0.39, 0.29) is 39.1 Å². The van der Waals surface area contributed by atoms with Gasteiger partial charge in [0, 0.05) is 27.1 Å². The molecule has 1 aliphatic rings. The molecule has 7 nitrogen and oxygen atoms in total. The minimum absolute atomic E-state index is 0.0126. The second-order valence-corrected chi connectivity index (χ2v) is 14.3. The molecule has 0 aliphatic heterocycles. The number of benzene rings is 3. The number of carbonyl (C=O) groups excluding carboxylic acids is 2. The fourth-order valence-corrected chi connectivity index (χ4v) is 7.39. The van der Waals surface area contributed by atoms with Crippen molar-refractivity contribution in [2.24, 2.45) is 0 Å². The van der Waals surface area contributed by atoms with Crippen molar-refractivity contribution >= 4 is 66.7 Å². The maximum absolute atomic E-state index is 14.1. The SMILES string of the molecule is Cc1ccc(S(=O)(=O)N(CC(=O)N(Cc2cccc(Br)c2)[C@@H](C)C(=O)NC2CCCCC2)c2cc(Cl)cc(Cl)c2)cc1. The van der Waals surface area contributed by atoms with Crippen LogP contribution in [0.1, 0.15) is 50.2 Å². The molecule has 42 heavy (non-hydrogen) atoms. The van der Waals surface area contributed by atoms with Crippen molar-refractivity contribution < 1.29 is 18.0 Å². The number of nitrogens with one attached hydrogen (secondary N) is 1. The lowest BCUT2D eigenvalue weighted by Crippen LogP contribution is -2.53. The van der Waals surface area contributed by atoms with Crippen molar-refractivity contribution in [3.8, 4) is 0 Å². The van der Waals surface area contributed by atoms with Crippen molar-refractivity contribution in [3.63, 3.8) is 0 Å². The summed E-state index contributed by atoms with van der Waals surface area (Å²) in [6.45, 7) is 3.06. The second-order valence-electron chi connectivity index (χ2n) is 10.6. The molecule has 1 N–H and O–H groups in total. The van der Waals surface area contributed by atoms with E-state index in [1.165, 1.54) is 35.2 Å². The van der Waals surface area contributed by atoms with Crippen LogP contribution in [0.15, 0.2) is 76.1 Å². The van der Waals surface area contributed by atoms with Gasteiger partial charge in [0.15, 0.2) is 0 Å². The third-order valence-electron chi connectivity index (χ3n) is 7.38. The second kappa shape index (κ2) is 14.3. The molecule has 224 valence electrons. The average molecular weight is 696 g/mol. The van der Waals surface area contributed by atoms with Crippen LogP contribution in [0.3, 0.4) is 0 Å². The molecule has 0 saturated heterocycles. The predicted molar refractivity (Wildman–Crippen MR) is 171 cm³/mol. The summed E-state index contributed by atoms with van der Waals surface area (Å²) in [5.74, 6) is -0.822. The zero-order valence-electron chi connectivity index (χ0n) is 23.5. The topological polar surface area (TPSA) is 86.8 Å². The third kappa shape index (κ3) is 8.28. The van der Waals surface area contributed by atoms with Crippen LogP contribution in [0.25, 0.3) is 0 Å². The highest BCUT2D eigenvalue weighted by Crippen LogP contribution is 2.30. The standard InChI is InChI=1S/C31H34BrCl2N3O4S/c1-21-11-13-29(14-12-21)42(40,41)37(28-17-25(33)16-26(34)18-28)20-30(38)36(19-23-7-6-8-24(32)15-23)22(2)31(39)35-27-9-4-3-5-10-27/h6-8,11-18,22,27H,3-5,9-10,19-20H2,1-2H3,(H,35,39)/t22-/m0/s1. The molecule has 0 unspecified atom stereocenters. The van der Waals surface area contributed by atoms with Crippen LogP contribution in [0.5, 0.6) is 0 Å². The van der Waals surface area contributed by atoms with Gasteiger partial charge in [-0.25, -0.2) is 8.42 Å². The van der Waals surface area contributed by atoms with E-state index in [1.807, 2.05) is 31.2 Å². The third-order valence-corrected chi connectivity index (χ3v) is 10.1. The fourth-order valence-electron chi connectivity index (χ4n) is 5.03. The van der Waals surface area contributed by atoms with Crippen LogP contribution in [-0.4, -0.2) is 43.8 Å². The first-order valence-electron chi connectivity index (χ1n) is 13.8. The Labute approximate surface area is 266 Å². The minimum Gasteiger partial charge on any atom is -0.352 e. The van der Waals surface area contributed by atoms with Gasteiger partial charge in [-0.15, -0.1) is 0 Å². The summed E-state index contributed by atoms with van der Waals surface area (Å²) >= 11 is 16.0. The number of halogens is 3. The Morgan fingerprint density at radius 1 is 0.976 bits per heavy atom. The number of amides is 2. The van der Waals surface area contributed by atoms with Gasteiger partial charge in [0.2, 0.25) is 11.8 Å². The van der Waals surface area contributed by atoms with E-state index in [9.17, 15) is 18.0 Å². The molecule has 3 aromatic carbocycles. The van der Waals surface area contributed by atoms with E-state index < -0.39 is 28.5 Å². The summed E-state index contributed by atoms with van der Waals surface area (Å²) < 4.78 is 29.8. The number of sulfonamides is 1. The van der Waals surface area contributed by atoms with Crippen LogP contribution in [0.2, 0.25) is 10.0 Å². The van der Waals surface area contributed by atoms with Gasteiger partial charge < -0.3 is 10.2 Å². The van der Waals surface area contributed by atoms with E-state index in [2.05, 4.69) is 21.2 Å². The van der Waals surface area contributed by atoms with E-state index in [1.54, 1.807) is 19.1 Å². The highest BCUT2D eigenvalue weighted by Gasteiger charge is 2.33. The van der Waals surface area contributed by atoms with Gasteiger partial charge in [-0.05, 0) is 74.7 Å². The molecule has 4 rings (SSSR count).